The molecule has 2 nitrogen and oxygen atoms in total. The minimum Gasteiger partial charge on any atom is -0.286 e. The first-order valence-corrected chi connectivity index (χ1v) is 4.87. The topological polar surface area (TPSA) is 29.3 Å². The van der Waals surface area contributed by atoms with Gasteiger partial charge >= 0.3 is 0 Å². The lowest BCUT2D eigenvalue weighted by Crippen LogP contribution is -2.25. The fourth-order valence-corrected chi connectivity index (χ4v) is 1.62. The third kappa shape index (κ3) is 1.85. The second kappa shape index (κ2) is 3.75. The van der Waals surface area contributed by atoms with Gasteiger partial charge in [-0.1, -0.05) is 30.4 Å². The second-order valence-corrected chi connectivity index (χ2v) is 3.65. The first kappa shape index (κ1) is 9.74. The second-order valence-electron chi connectivity index (χ2n) is 3.65. The van der Waals surface area contributed by atoms with Gasteiger partial charge in [-0.3, -0.25) is 5.01 Å². The molecule has 0 amide bonds. The molecule has 1 aromatic rings. The monoisotopic (exact) mass is 198 g/mol. The lowest BCUT2D eigenvalue weighted by molar-refractivity contribution is 1.07. The zero-order chi connectivity index (χ0) is 10.8. The standard InChI is InChI=1S/C13H14N2/c1-10-6-7-13-12(9-10)11(2)5-3-4-8-15(13)14/h3-9H,2,14H2,1H3/b5-3-,8-4-. The maximum absolute atomic E-state index is 5.90. The van der Waals surface area contributed by atoms with Crippen LogP contribution in [-0.4, -0.2) is 0 Å². The molecule has 0 aliphatic carbocycles. The molecule has 15 heavy (non-hydrogen) atoms. The minimum atomic E-state index is 0.978. The van der Waals surface area contributed by atoms with Crippen LogP contribution in [0.5, 0.6) is 0 Å². The van der Waals surface area contributed by atoms with Crippen LogP contribution in [-0.2, 0) is 0 Å². The summed E-state index contributed by atoms with van der Waals surface area (Å²) in [6, 6.07) is 6.16. The van der Waals surface area contributed by atoms with E-state index in [9.17, 15) is 0 Å². The number of nitrogens with zero attached hydrogens (tertiary/aromatic N) is 1. The maximum Gasteiger partial charge on any atom is 0.0646 e. The van der Waals surface area contributed by atoms with Crippen molar-refractivity contribution in [3.05, 3.63) is 60.3 Å². The van der Waals surface area contributed by atoms with E-state index in [2.05, 4.69) is 19.6 Å². The van der Waals surface area contributed by atoms with Crippen molar-refractivity contribution in [1.29, 1.82) is 0 Å². The number of anilines is 1. The van der Waals surface area contributed by atoms with E-state index in [0.717, 1.165) is 16.8 Å². The molecular weight excluding hydrogens is 184 g/mol. The van der Waals surface area contributed by atoms with Crippen LogP contribution in [0.1, 0.15) is 11.1 Å². The molecule has 0 atom stereocenters. The van der Waals surface area contributed by atoms with Gasteiger partial charge in [-0.2, -0.15) is 0 Å². The van der Waals surface area contributed by atoms with E-state index >= 15 is 0 Å². The van der Waals surface area contributed by atoms with Crippen molar-refractivity contribution < 1.29 is 0 Å². The van der Waals surface area contributed by atoms with E-state index < -0.39 is 0 Å². The number of fused-ring (bicyclic) bond motifs is 1. The number of nitrogens with two attached hydrogens (primary N) is 1. The molecule has 2 N–H and O–H groups in total. The van der Waals surface area contributed by atoms with E-state index in [-0.39, 0.29) is 0 Å². The normalized spacial score (nSPS) is 19.1. The van der Waals surface area contributed by atoms with Crippen LogP contribution in [0, 0.1) is 6.92 Å². The molecule has 0 bridgehead atoms. The summed E-state index contributed by atoms with van der Waals surface area (Å²) in [6.45, 7) is 6.09. The number of benzene rings is 1. The van der Waals surface area contributed by atoms with E-state index in [1.54, 1.807) is 5.01 Å². The van der Waals surface area contributed by atoms with Gasteiger partial charge in [0.25, 0.3) is 0 Å². The van der Waals surface area contributed by atoms with E-state index in [1.165, 1.54) is 5.56 Å². The molecule has 76 valence electrons. The molecule has 1 aliphatic heterocycles. The molecule has 0 radical (unpaired) electrons. The van der Waals surface area contributed by atoms with Crippen LogP contribution in [0.25, 0.3) is 5.57 Å². The van der Waals surface area contributed by atoms with Crippen LogP contribution in [0.3, 0.4) is 0 Å². The molecule has 2 rings (SSSR count). The van der Waals surface area contributed by atoms with Gasteiger partial charge in [0.05, 0.1) is 5.69 Å². The van der Waals surface area contributed by atoms with Gasteiger partial charge in [0.1, 0.15) is 0 Å². The molecule has 0 unspecified atom stereocenters. The van der Waals surface area contributed by atoms with E-state index in [4.69, 9.17) is 5.84 Å². The summed E-state index contributed by atoms with van der Waals surface area (Å²) in [6.07, 6.45) is 7.65. The summed E-state index contributed by atoms with van der Waals surface area (Å²) in [4.78, 5) is 0. The number of allylic oxidation sites excluding steroid dienone is 4. The van der Waals surface area contributed by atoms with Crippen molar-refractivity contribution in [2.45, 2.75) is 6.92 Å². The first-order chi connectivity index (χ1) is 7.18. The average molecular weight is 198 g/mol. The molecular formula is C13H14N2. The van der Waals surface area contributed by atoms with Gasteiger partial charge in [-0.05, 0) is 30.7 Å². The molecule has 0 saturated heterocycles. The predicted octanol–water partition coefficient (Wildman–Crippen LogP) is 2.77. The molecule has 1 aliphatic rings. The Kier molecular flexibility index (Phi) is 2.44. The lowest BCUT2D eigenvalue weighted by atomic mass is 10.0. The number of rotatable bonds is 0. The van der Waals surface area contributed by atoms with Crippen molar-refractivity contribution in [1.82, 2.24) is 0 Å². The fourth-order valence-electron chi connectivity index (χ4n) is 1.62. The molecule has 1 heterocycles. The predicted molar refractivity (Wildman–Crippen MR) is 65.2 cm³/mol. The molecule has 1 aromatic carbocycles. The van der Waals surface area contributed by atoms with Gasteiger partial charge in [-0.25, -0.2) is 5.84 Å². The Labute approximate surface area is 90.0 Å². The Hall–Kier alpha value is -1.80. The van der Waals surface area contributed by atoms with Gasteiger partial charge in [0.2, 0.25) is 0 Å². The largest absolute Gasteiger partial charge is 0.286 e. The third-order valence-electron chi connectivity index (χ3n) is 2.43. The molecule has 0 saturated carbocycles. The van der Waals surface area contributed by atoms with Crippen LogP contribution in [0.4, 0.5) is 5.69 Å². The number of hydrogen-bond acceptors (Lipinski definition) is 2. The lowest BCUT2D eigenvalue weighted by Gasteiger charge is -2.20. The molecule has 2 heteroatoms. The smallest absolute Gasteiger partial charge is 0.0646 e. The third-order valence-corrected chi connectivity index (χ3v) is 2.43. The highest BCUT2D eigenvalue weighted by atomic mass is 15.4. The first-order valence-electron chi connectivity index (χ1n) is 4.87. The molecule has 0 fully saturated rings. The van der Waals surface area contributed by atoms with Gasteiger partial charge in [-0.15, -0.1) is 0 Å². The summed E-state index contributed by atoms with van der Waals surface area (Å²) in [7, 11) is 0. The fraction of sp³-hybridized carbons (Fsp3) is 0.0769. The Morgan fingerprint density at radius 1 is 1.27 bits per heavy atom. The summed E-state index contributed by atoms with van der Waals surface area (Å²) >= 11 is 0. The zero-order valence-corrected chi connectivity index (χ0v) is 8.77. The van der Waals surface area contributed by atoms with Crippen molar-refractivity contribution >= 4 is 11.3 Å². The van der Waals surface area contributed by atoms with Gasteiger partial charge in [0, 0.05) is 11.8 Å². The van der Waals surface area contributed by atoms with Crippen molar-refractivity contribution in [2.75, 3.05) is 5.01 Å². The molecule has 0 aromatic heterocycles. The van der Waals surface area contributed by atoms with Crippen molar-refractivity contribution in [3.8, 4) is 0 Å². The Morgan fingerprint density at radius 3 is 2.87 bits per heavy atom. The Balaban J connectivity index is 2.62. The average Bonchev–Trinajstić information content (AvgIpc) is 2.22. The van der Waals surface area contributed by atoms with Crippen molar-refractivity contribution in [3.63, 3.8) is 0 Å². The summed E-state index contributed by atoms with van der Waals surface area (Å²) in [5, 5.41) is 1.61. The van der Waals surface area contributed by atoms with Crippen LogP contribution in [0.2, 0.25) is 0 Å². The number of hydrogen-bond donors (Lipinski definition) is 1. The summed E-state index contributed by atoms with van der Waals surface area (Å²) < 4.78 is 0. The van der Waals surface area contributed by atoms with Crippen LogP contribution in [0.15, 0.2) is 49.2 Å². The van der Waals surface area contributed by atoms with Gasteiger partial charge in [0.15, 0.2) is 0 Å². The number of aryl methyl sites for hydroxylation is 1. The van der Waals surface area contributed by atoms with Crippen LogP contribution < -0.4 is 10.9 Å². The molecule has 0 spiro atoms. The van der Waals surface area contributed by atoms with E-state index in [0.29, 0.717) is 0 Å². The van der Waals surface area contributed by atoms with Crippen molar-refractivity contribution in [2.24, 2.45) is 5.84 Å². The highest BCUT2D eigenvalue weighted by Crippen LogP contribution is 2.28. The highest BCUT2D eigenvalue weighted by molar-refractivity contribution is 5.82. The Bertz CT molecular complexity index is 456. The SMILES string of the molecule is C=C1/C=C\C=C/N(N)c2ccc(C)cc21. The quantitative estimate of drug-likeness (QED) is 0.649. The highest BCUT2D eigenvalue weighted by Gasteiger charge is 2.08. The van der Waals surface area contributed by atoms with Gasteiger partial charge < -0.3 is 0 Å². The summed E-state index contributed by atoms with van der Waals surface area (Å²) in [5.41, 5.74) is 4.25. The number of hydrazine groups is 1. The Morgan fingerprint density at radius 2 is 2.07 bits per heavy atom. The van der Waals surface area contributed by atoms with Crippen LogP contribution >= 0.6 is 0 Å². The minimum absolute atomic E-state index is 0.978. The zero-order valence-electron chi connectivity index (χ0n) is 8.77. The summed E-state index contributed by atoms with van der Waals surface area (Å²) in [5.74, 6) is 5.90. The maximum atomic E-state index is 5.90. The van der Waals surface area contributed by atoms with E-state index in [1.807, 2.05) is 36.6 Å².